The molecule has 0 aromatic carbocycles. The lowest BCUT2D eigenvalue weighted by atomic mass is 10.1. The fraction of sp³-hybridized carbons (Fsp3) is 0.222. The lowest BCUT2D eigenvalue weighted by molar-refractivity contribution is 0.0997. The van der Waals surface area contributed by atoms with E-state index in [9.17, 15) is 4.79 Å². The third-order valence-electron chi connectivity index (χ3n) is 1.31. The van der Waals surface area contributed by atoms with Gasteiger partial charge in [0.15, 0.2) is 5.78 Å². The molecule has 0 aliphatic carbocycles. The summed E-state index contributed by atoms with van der Waals surface area (Å²) in [5.41, 5.74) is 0.879. The Balaban J connectivity index is 2.72. The monoisotopic (exact) mass is 200 g/mol. The maximum absolute atomic E-state index is 11.4. The number of rotatable bonds is 3. The average molecular weight is 201 g/mol. The summed E-state index contributed by atoms with van der Waals surface area (Å²) in [5.74, 6) is 0.0967. The van der Waals surface area contributed by atoms with Crippen molar-refractivity contribution in [2.75, 3.05) is 0 Å². The first-order valence-electron chi connectivity index (χ1n) is 3.52. The summed E-state index contributed by atoms with van der Waals surface area (Å²) in [6.07, 6.45) is 0.414. The van der Waals surface area contributed by atoms with Gasteiger partial charge in [-0.25, -0.2) is 0 Å². The second-order valence-corrected chi connectivity index (χ2v) is 4.38. The highest BCUT2D eigenvalue weighted by Crippen LogP contribution is 2.23. The van der Waals surface area contributed by atoms with E-state index in [1.54, 1.807) is 12.1 Å². The fourth-order valence-electron chi connectivity index (χ4n) is 0.825. The molecule has 0 atom stereocenters. The van der Waals surface area contributed by atoms with Crippen molar-refractivity contribution in [2.24, 2.45) is 0 Å². The molecule has 3 heteroatoms. The Hall–Kier alpha value is -0.600. The van der Waals surface area contributed by atoms with Crippen molar-refractivity contribution in [1.82, 2.24) is 0 Å². The maximum atomic E-state index is 11.4. The molecule has 1 aromatic heterocycles. The second kappa shape index (κ2) is 3.87. The molecule has 0 aliphatic heterocycles. The summed E-state index contributed by atoms with van der Waals surface area (Å²) < 4.78 is 0.653. The van der Waals surface area contributed by atoms with Crippen LogP contribution in [0, 0.1) is 0 Å². The van der Waals surface area contributed by atoms with E-state index in [1.165, 1.54) is 11.3 Å². The van der Waals surface area contributed by atoms with Gasteiger partial charge in [0.1, 0.15) is 0 Å². The predicted octanol–water partition coefficient (Wildman–Crippen LogP) is 3.55. The van der Waals surface area contributed by atoms with Crippen LogP contribution in [0.3, 0.4) is 0 Å². The van der Waals surface area contributed by atoms with Gasteiger partial charge in [0.25, 0.3) is 0 Å². The molecular formula is C9H9ClOS. The largest absolute Gasteiger partial charge is 0.293 e. The number of thiophene rings is 1. The van der Waals surface area contributed by atoms with Gasteiger partial charge >= 0.3 is 0 Å². The van der Waals surface area contributed by atoms with Crippen LogP contribution in [-0.4, -0.2) is 5.78 Å². The topological polar surface area (TPSA) is 17.1 Å². The summed E-state index contributed by atoms with van der Waals surface area (Å²) >= 11 is 7.00. The van der Waals surface area contributed by atoms with Crippen molar-refractivity contribution < 1.29 is 4.79 Å². The second-order valence-electron chi connectivity index (χ2n) is 2.66. The molecule has 1 rings (SSSR count). The Morgan fingerprint density at radius 1 is 1.67 bits per heavy atom. The van der Waals surface area contributed by atoms with Crippen LogP contribution in [0.5, 0.6) is 0 Å². The van der Waals surface area contributed by atoms with Gasteiger partial charge in [0.2, 0.25) is 0 Å². The van der Waals surface area contributed by atoms with E-state index in [-0.39, 0.29) is 5.78 Å². The number of Topliss-reactive ketones (excluding diaryl/α,β-unsaturated/α-hetero) is 1. The molecule has 12 heavy (non-hydrogen) atoms. The number of hydrogen-bond acceptors (Lipinski definition) is 2. The SMILES string of the molecule is C=C(C)CC(=O)c1ccc(Cl)s1. The molecular weight excluding hydrogens is 192 g/mol. The number of allylic oxidation sites excluding steroid dienone is 1. The highest BCUT2D eigenvalue weighted by molar-refractivity contribution is 7.18. The van der Waals surface area contributed by atoms with E-state index in [0.717, 1.165) is 5.57 Å². The Morgan fingerprint density at radius 2 is 2.33 bits per heavy atom. The van der Waals surface area contributed by atoms with Gasteiger partial charge in [-0.1, -0.05) is 23.8 Å². The van der Waals surface area contributed by atoms with Crippen molar-refractivity contribution in [3.05, 3.63) is 33.5 Å². The van der Waals surface area contributed by atoms with Gasteiger partial charge in [-0.05, 0) is 19.1 Å². The molecule has 0 saturated carbocycles. The number of carbonyl (C=O) groups is 1. The van der Waals surface area contributed by atoms with Crippen LogP contribution in [0.2, 0.25) is 4.34 Å². The lowest BCUT2D eigenvalue weighted by Crippen LogP contribution is -1.95. The zero-order valence-corrected chi connectivity index (χ0v) is 8.34. The van der Waals surface area contributed by atoms with Gasteiger partial charge in [-0.2, -0.15) is 0 Å². The van der Waals surface area contributed by atoms with Crippen molar-refractivity contribution in [1.29, 1.82) is 0 Å². The molecule has 64 valence electrons. The zero-order valence-electron chi connectivity index (χ0n) is 6.76. The minimum Gasteiger partial charge on any atom is -0.293 e. The van der Waals surface area contributed by atoms with Crippen LogP contribution >= 0.6 is 22.9 Å². The molecule has 0 spiro atoms. The van der Waals surface area contributed by atoms with Gasteiger partial charge in [-0.3, -0.25) is 4.79 Å². The van der Waals surface area contributed by atoms with E-state index in [2.05, 4.69) is 6.58 Å². The predicted molar refractivity (Wildman–Crippen MR) is 53.1 cm³/mol. The van der Waals surface area contributed by atoms with Gasteiger partial charge in [0, 0.05) is 6.42 Å². The molecule has 1 nitrogen and oxygen atoms in total. The summed E-state index contributed by atoms with van der Waals surface area (Å²) in [6.45, 7) is 5.52. The highest BCUT2D eigenvalue weighted by atomic mass is 35.5. The van der Waals surface area contributed by atoms with Crippen molar-refractivity contribution >= 4 is 28.7 Å². The fourth-order valence-corrected chi connectivity index (χ4v) is 1.81. The Labute approximate surface area is 80.7 Å². The Morgan fingerprint density at radius 3 is 2.75 bits per heavy atom. The molecule has 0 aliphatic rings. The molecule has 0 bridgehead atoms. The first-order valence-corrected chi connectivity index (χ1v) is 4.72. The van der Waals surface area contributed by atoms with E-state index < -0.39 is 0 Å². The normalized spacial score (nSPS) is 9.83. The van der Waals surface area contributed by atoms with Gasteiger partial charge < -0.3 is 0 Å². The number of carbonyl (C=O) groups excluding carboxylic acids is 1. The van der Waals surface area contributed by atoms with E-state index in [1.807, 2.05) is 6.92 Å². The van der Waals surface area contributed by atoms with Crippen LogP contribution < -0.4 is 0 Å². The first kappa shape index (κ1) is 9.49. The van der Waals surface area contributed by atoms with Gasteiger partial charge in [-0.15, -0.1) is 11.3 Å². The summed E-state index contributed by atoms with van der Waals surface area (Å²) in [5, 5.41) is 0. The van der Waals surface area contributed by atoms with Gasteiger partial charge in [0.05, 0.1) is 9.21 Å². The highest BCUT2D eigenvalue weighted by Gasteiger charge is 2.07. The number of hydrogen-bond donors (Lipinski definition) is 0. The molecule has 0 unspecified atom stereocenters. The van der Waals surface area contributed by atoms with Crippen LogP contribution in [0.1, 0.15) is 23.0 Å². The van der Waals surface area contributed by atoms with Crippen molar-refractivity contribution in [3.8, 4) is 0 Å². The number of ketones is 1. The van der Waals surface area contributed by atoms with E-state index >= 15 is 0 Å². The minimum absolute atomic E-state index is 0.0967. The summed E-state index contributed by atoms with van der Waals surface area (Å²) in [6, 6.07) is 3.48. The third kappa shape index (κ3) is 2.47. The summed E-state index contributed by atoms with van der Waals surface area (Å²) in [4.78, 5) is 12.1. The Kier molecular flexibility index (Phi) is 3.06. The Bertz CT molecular complexity index is 314. The van der Waals surface area contributed by atoms with E-state index in [4.69, 9.17) is 11.6 Å². The quantitative estimate of drug-likeness (QED) is 0.539. The first-order chi connectivity index (χ1) is 5.59. The van der Waals surface area contributed by atoms with Crippen LogP contribution in [0.25, 0.3) is 0 Å². The van der Waals surface area contributed by atoms with Crippen molar-refractivity contribution in [3.63, 3.8) is 0 Å². The molecule has 0 radical (unpaired) electrons. The standard InChI is InChI=1S/C9H9ClOS/c1-6(2)5-7(11)8-3-4-9(10)12-8/h3-4H,1,5H2,2H3. The molecule has 0 amide bonds. The smallest absolute Gasteiger partial charge is 0.176 e. The molecule has 0 saturated heterocycles. The van der Waals surface area contributed by atoms with Crippen LogP contribution in [0.4, 0.5) is 0 Å². The average Bonchev–Trinajstić information content (AvgIpc) is 2.34. The minimum atomic E-state index is 0.0967. The number of halogens is 1. The molecule has 1 heterocycles. The lowest BCUT2D eigenvalue weighted by Gasteiger charge is -1.94. The zero-order chi connectivity index (χ0) is 9.14. The van der Waals surface area contributed by atoms with Crippen molar-refractivity contribution in [2.45, 2.75) is 13.3 Å². The third-order valence-corrected chi connectivity index (χ3v) is 2.58. The van der Waals surface area contributed by atoms with Crippen LogP contribution in [0.15, 0.2) is 24.3 Å². The van der Waals surface area contributed by atoms with Crippen LogP contribution in [-0.2, 0) is 0 Å². The molecule has 1 aromatic rings. The molecule has 0 N–H and O–H groups in total. The van der Waals surface area contributed by atoms with E-state index in [0.29, 0.717) is 15.6 Å². The maximum Gasteiger partial charge on any atom is 0.176 e. The molecule has 0 fully saturated rings. The summed E-state index contributed by atoms with van der Waals surface area (Å²) in [7, 11) is 0.